The fraction of sp³-hybridized carbons (Fsp3) is 0.136. The highest BCUT2D eigenvalue weighted by molar-refractivity contribution is 5.92. The van der Waals surface area contributed by atoms with E-state index in [-0.39, 0.29) is 24.1 Å². The highest BCUT2D eigenvalue weighted by Crippen LogP contribution is 2.31. The molecular weight excluding hydrogens is 417 g/mol. The van der Waals surface area contributed by atoms with Gasteiger partial charge < -0.3 is 14.4 Å². The van der Waals surface area contributed by atoms with E-state index < -0.39 is 10.7 Å². The molecule has 0 radical (unpaired) electrons. The van der Waals surface area contributed by atoms with E-state index in [1.165, 1.54) is 36.4 Å². The normalized spacial score (nSPS) is 11.3. The van der Waals surface area contributed by atoms with Gasteiger partial charge in [-0.15, -0.1) is 0 Å². The summed E-state index contributed by atoms with van der Waals surface area (Å²) >= 11 is 0. The minimum atomic E-state index is -0.627. The molecule has 0 spiro atoms. The van der Waals surface area contributed by atoms with Crippen molar-refractivity contribution in [2.75, 3.05) is 18.1 Å². The molecule has 0 unspecified atom stereocenters. The van der Waals surface area contributed by atoms with Crippen molar-refractivity contribution in [1.82, 2.24) is 15.0 Å². The number of anilines is 2. The minimum Gasteiger partial charge on any atom is -0.401 e. The Balaban J connectivity index is 1.81. The Morgan fingerprint density at radius 2 is 2.06 bits per heavy atom. The molecule has 0 aliphatic rings. The van der Waals surface area contributed by atoms with Crippen molar-refractivity contribution < 1.29 is 18.8 Å². The predicted octanol–water partition coefficient (Wildman–Crippen LogP) is 4.36. The van der Waals surface area contributed by atoms with Gasteiger partial charge in [-0.3, -0.25) is 15.1 Å². The average molecular weight is 435 g/mol. The largest absolute Gasteiger partial charge is 0.433 e. The molecule has 9 nitrogen and oxygen atoms in total. The van der Waals surface area contributed by atoms with Gasteiger partial charge in [0.05, 0.1) is 23.5 Å². The summed E-state index contributed by atoms with van der Waals surface area (Å²) in [7, 11) is 0. The molecule has 1 N–H and O–H groups in total. The number of aromatic nitrogens is 3. The Labute approximate surface area is 181 Å². The second-order valence-electron chi connectivity index (χ2n) is 6.77. The van der Waals surface area contributed by atoms with Gasteiger partial charge in [-0.05, 0) is 48.9 Å². The highest BCUT2D eigenvalue weighted by atomic mass is 19.1. The Bertz CT molecular complexity index is 1280. The summed E-state index contributed by atoms with van der Waals surface area (Å²) in [6, 6.07) is 10.6. The van der Waals surface area contributed by atoms with Crippen LogP contribution in [0.1, 0.15) is 18.0 Å². The van der Waals surface area contributed by atoms with Crippen molar-refractivity contribution in [3.05, 3.63) is 82.4 Å². The number of aliphatic hydroxyl groups excluding tert-OH is 1. The first-order valence-corrected chi connectivity index (χ1v) is 9.73. The minimum absolute atomic E-state index is 0.0154. The molecule has 0 bridgehead atoms. The maximum atomic E-state index is 13.9. The van der Waals surface area contributed by atoms with E-state index in [0.717, 1.165) is 5.69 Å². The van der Waals surface area contributed by atoms with Crippen LogP contribution in [0.15, 0.2) is 59.3 Å². The summed E-state index contributed by atoms with van der Waals surface area (Å²) in [5, 5.41) is 20.8. The molecule has 0 aliphatic heterocycles. The van der Waals surface area contributed by atoms with Crippen LogP contribution in [0.5, 0.6) is 0 Å². The second-order valence-corrected chi connectivity index (χ2v) is 6.77. The SMILES string of the molecule is O=[N+]([O-])c1ccc(C=Cc2nc(N(CCCO)c3cccnc3)c3ccc(F)cc3n2)o1. The summed E-state index contributed by atoms with van der Waals surface area (Å²) in [4.78, 5) is 25.3. The lowest BCUT2D eigenvalue weighted by Gasteiger charge is -2.24. The van der Waals surface area contributed by atoms with Crippen LogP contribution in [-0.4, -0.2) is 38.1 Å². The smallest absolute Gasteiger partial charge is 0.401 e. The van der Waals surface area contributed by atoms with E-state index >= 15 is 0 Å². The Hall–Kier alpha value is -4.18. The molecule has 4 rings (SSSR count). The van der Waals surface area contributed by atoms with Crippen LogP contribution >= 0.6 is 0 Å². The third-order valence-electron chi connectivity index (χ3n) is 4.60. The van der Waals surface area contributed by atoms with Crippen molar-refractivity contribution in [3.8, 4) is 0 Å². The van der Waals surface area contributed by atoms with Crippen molar-refractivity contribution in [1.29, 1.82) is 0 Å². The van der Waals surface area contributed by atoms with Gasteiger partial charge in [0.1, 0.15) is 22.3 Å². The van der Waals surface area contributed by atoms with Gasteiger partial charge in [0.15, 0.2) is 5.82 Å². The molecule has 162 valence electrons. The van der Waals surface area contributed by atoms with Crippen LogP contribution in [0, 0.1) is 15.9 Å². The van der Waals surface area contributed by atoms with E-state index in [1.807, 2.05) is 11.0 Å². The number of benzene rings is 1. The maximum absolute atomic E-state index is 13.9. The van der Waals surface area contributed by atoms with Crippen molar-refractivity contribution >= 4 is 40.4 Å². The number of aliphatic hydroxyl groups is 1. The van der Waals surface area contributed by atoms with Crippen LogP contribution in [0.25, 0.3) is 23.1 Å². The van der Waals surface area contributed by atoms with Crippen molar-refractivity contribution in [3.63, 3.8) is 0 Å². The van der Waals surface area contributed by atoms with Crippen LogP contribution in [0.3, 0.4) is 0 Å². The first-order valence-electron chi connectivity index (χ1n) is 9.73. The van der Waals surface area contributed by atoms with Crippen LogP contribution in [0.4, 0.5) is 21.8 Å². The zero-order valence-electron chi connectivity index (χ0n) is 16.8. The zero-order chi connectivity index (χ0) is 22.5. The maximum Gasteiger partial charge on any atom is 0.433 e. The molecular formula is C22H18FN5O4. The molecule has 0 atom stereocenters. The molecule has 0 saturated carbocycles. The topological polar surface area (TPSA) is 118 Å². The Morgan fingerprint density at radius 3 is 2.78 bits per heavy atom. The van der Waals surface area contributed by atoms with Crippen LogP contribution in [-0.2, 0) is 0 Å². The van der Waals surface area contributed by atoms with Crippen molar-refractivity contribution in [2.45, 2.75) is 6.42 Å². The lowest BCUT2D eigenvalue weighted by molar-refractivity contribution is -0.402. The number of pyridine rings is 1. The third-order valence-corrected chi connectivity index (χ3v) is 4.60. The molecule has 0 aliphatic carbocycles. The average Bonchev–Trinajstić information content (AvgIpc) is 3.28. The number of nitrogens with zero attached hydrogens (tertiary/aromatic N) is 5. The summed E-state index contributed by atoms with van der Waals surface area (Å²) < 4.78 is 19.1. The van der Waals surface area contributed by atoms with Gasteiger partial charge in [-0.2, -0.15) is 0 Å². The molecule has 1 aromatic carbocycles. The fourth-order valence-electron chi connectivity index (χ4n) is 3.17. The predicted molar refractivity (Wildman–Crippen MR) is 117 cm³/mol. The number of rotatable bonds is 8. The number of nitro groups is 1. The monoisotopic (exact) mass is 435 g/mol. The summed E-state index contributed by atoms with van der Waals surface area (Å²) in [5.41, 5.74) is 1.14. The van der Waals surface area contributed by atoms with Crippen molar-refractivity contribution in [2.24, 2.45) is 0 Å². The van der Waals surface area contributed by atoms with Crippen LogP contribution < -0.4 is 4.90 Å². The molecule has 4 aromatic rings. The van der Waals surface area contributed by atoms with E-state index in [1.54, 1.807) is 24.5 Å². The molecule has 32 heavy (non-hydrogen) atoms. The van der Waals surface area contributed by atoms with Gasteiger partial charge >= 0.3 is 5.88 Å². The number of hydrogen-bond donors (Lipinski definition) is 1. The van der Waals surface area contributed by atoms with Crippen LogP contribution in [0.2, 0.25) is 0 Å². The number of furan rings is 1. The number of fused-ring (bicyclic) bond motifs is 1. The fourth-order valence-corrected chi connectivity index (χ4v) is 3.17. The van der Waals surface area contributed by atoms with E-state index in [9.17, 15) is 19.6 Å². The quantitative estimate of drug-likeness (QED) is 0.320. The summed E-state index contributed by atoms with van der Waals surface area (Å²) in [6.45, 7) is 0.428. The first-order chi connectivity index (χ1) is 15.5. The Kier molecular flexibility index (Phi) is 6.13. The third kappa shape index (κ3) is 4.60. The van der Waals surface area contributed by atoms with E-state index in [0.29, 0.717) is 29.7 Å². The molecule has 0 fully saturated rings. The van der Waals surface area contributed by atoms with E-state index in [4.69, 9.17) is 4.42 Å². The molecule has 3 heterocycles. The van der Waals surface area contributed by atoms with E-state index in [2.05, 4.69) is 15.0 Å². The van der Waals surface area contributed by atoms with Gasteiger partial charge in [0, 0.05) is 30.8 Å². The second kappa shape index (κ2) is 9.31. The molecule has 0 saturated heterocycles. The summed E-state index contributed by atoms with van der Waals surface area (Å²) in [5.74, 6) is 0.211. The number of hydrogen-bond acceptors (Lipinski definition) is 8. The molecule has 10 heteroatoms. The summed E-state index contributed by atoms with van der Waals surface area (Å²) in [6.07, 6.45) is 6.83. The molecule has 0 amide bonds. The van der Waals surface area contributed by atoms with Gasteiger partial charge in [0.2, 0.25) is 0 Å². The number of halogens is 1. The van der Waals surface area contributed by atoms with Gasteiger partial charge in [-0.25, -0.2) is 14.4 Å². The standard InChI is InChI=1S/C22H18FN5O4/c23-15-4-7-18-19(13-15)25-20(8-5-17-6-9-21(32-17)28(30)31)26-22(18)27(11-2-12-29)16-3-1-10-24-14-16/h1,3-10,13-14,29H,2,11-12H2. The zero-order valence-corrected chi connectivity index (χ0v) is 16.8. The van der Waals surface area contributed by atoms with Gasteiger partial charge in [0.25, 0.3) is 0 Å². The Morgan fingerprint density at radius 1 is 1.19 bits per heavy atom. The lowest BCUT2D eigenvalue weighted by atomic mass is 10.2. The highest BCUT2D eigenvalue weighted by Gasteiger charge is 2.17. The van der Waals surface area contributed by atoms with Gasteiger partial charge in [-0.1, -0.05) is 0 Å². The lowest BCUT2D eigenvalue weighted by Crippen LogP contribution is -2.21. The first kappa shape index (κ1) is 21.1. The molecule has 3 aromatic heterocycles.